The summed E-state index contributed by atoms with van der Waals surface area (Å²) in [7, 11) is -8.35. The van der Waals surface area contributed by atoms with Gasteiger partial charge in [0.15, 0.2) is 0 Å². The quantitative estimate of drug-likeness (QED) is 0.547. The maximum absolute atomic E-state index is 9.26. The Hall–Kier alpha value is 0.411. The van der Waals surface area contributed by atoms with E-state index in [-0.39, 0.29) is 18.7 Å². The Morgan fingerprint density at radius 3 is 1.67 bits per heavy atom. The van der Waals surface area contributed by atoms with E-state index in [1.165, 1.54) is 0 Å². The van der Waals surface area contributed by atoms with Crippen LogP contribution in [0, 0.1) is 0 Å². The van der Waals surface area contributed by atoms with Gasteiger partial charge < -0.3 is 0 Å². The predicted octanol–water partition coefficient (Wildman–Crippen LogP) is -1.41. The van der Waals surface area contributed by atoms with Crippen molar-refractivity contribution in [2.75, 3.05) is 18.7 Å². The monoisotopic (exact) mass is 271 g/mol. The van der Waals surface area contributed by atoms with E-state index in [1.54, 1.807) is 19.6 Å². The van der Waals surface area contributed by atoms with Crippen molar-refractivity contribution >= 4 is 25.7 Å². The van der Waals surface area contributed by atoms with Gasteiger partial charge in [-0.2, -0.15) is 0 Å². The van der Waals surface area contributed by atoms with Crippen molar-refractivity contribution in [2.24, 2.45) is 0 Å². The molecule has 2 atom stereocenters. The molecule has 0 aromatic carbocycles. The third-order valence-electron chi connectivity index (χ3n) is 2.34. The number of hydrogen-bond acceptors (Lipinski definition) is 6. The van der Waals surface area contributed by atoms with Gasteiger partial charge in [0.05, 0.1) is 0 Å². The predicted molar refractivity (Wildman–Crippen MR) is 60.8 cm³/mol. The molecule has 15 heavy (non-hydrogen) atoms. The molecule has 1 fully saturated rings. The van der Waals surface area contributed by atoms with Crippen molar-refractivity contribution in [3.8, 4) is 0 Å². The van der Waals surface area contributed by atoms with E-state index in [1.807, 2.05) is 0 Å². The van der Waals surface area contributed by atoms with E-state index in [0.717, 1.165) is 0 Å². The Kier molecular flexibility index (Phi) is 3.91. The molecule has 1 rings (SSSR count). The van der Waals surface area contributed by atoms with E-state index in [0.29, 0.717) is 0 Å². The summed E-state index contributed by atoms with van der Waals surface area (Å²) in [5, 5.41) is 27.8. The second-order valence-electron chi connectivity index (χ2n) is 4.41. The Morgan fingerprint density at radius 2 is 1.40 bits per heavy atom. The standard InChI is InChI=1S/C6H19O6Si3/c1-13(4-7)10-14(2,5-8)12-15(3,6-9)11-13/h7-9,13H,4-6H2,1-3H3/q-1. The molecule has 2 unspecified atom stereocenters. The van der Waals surface area contributed by atoms with Crippen LogP contribution in [-0.4, -0.2) is 59.7 Å². The fourth-order valence-electron chi connectivity index (χ4n) is 1.80. The van der Waals surface area contributed by atoms with Crippen molar-refractivity contribution in [1.82, 2.24) is 0 Å². The second-order valence-corrected chi connectivity index (χ2v) is 15.3. The molecule has 0 aromatic rings. The molecule has 1 heterocycles. The summed E-state index contributed by atoms with van der Waals surface area (Å²) in [5.74, 6) is 0. The minimum atomic E-state index is -2.99. The third kappa shape index (κ3) is 2.95. The Bertz CT molecular complexity index is 193. The second kappa shape index (κ2) is 4.35. The van der Waals surface area contributed by atoms with Crippen molar-refractivity contribution in [2.45, 2.75) is 19.6 Å². The molecule has 9 heteroatoms. The van der Waals surface area contributed by atoms with Crippen molar-refractivity contribution in [3.05, 3.63) is 0 Å². The molecule has 1 saturated heterocycles. The van der Waals surface area contributed by atoms with Crippen LogP contribution in [0.25, 0.3) is 0 Å². The van der Waals surface area contributed by atoms with Crippen molar-refractivity contribution in [1.29, 1.82) is 0 Å². The zero-order chi connectivity index (χ0) is 11.7. The molecule has 0 amide bonds. The van der Waals surface area contributed by atoms with E-state index in [2.05, 4.69) is 0 Å². The molecular formula is C6H19O6Si3-. The molecule has 0 bridgehead atoms. The van der Waals surface area contributed by atoms with Crippen LogP contribution in [0.15, 0.2) is 0 Å². The van der Waals surface area contributed by atoms with Crippen LogP contribution >= 0.6 is 0 Å². The molecule has 1 aliphatic rings. The van der Waals surface area contributed by atoms with Crippen molar-refractivity contribution < 1.29 is 27.7 Å². The first kappa shape index (κ1) is 13.5. The first-order chi connectivity index (χ1) is 6.80. The first-order valence-corrected chi connectivity index (χ1v) is 12.9. The summed E-state index contributed by atoms with van der Waals surface area (Å²) in [4.78, 5) is 0. The average molecular weight is 271 g/mol. The summed E-state index contributed by atoms with van der Waals surface area (Å²) >= 11 is 0. The number of aliphatic hydroxyl groups excluding tert-OH is 3. The maximum atomic E-state index is 9.26. The molecule has 0 radical (unpaired) electrons. The number of aliphatic hydroxyl groups is 3. The fourth-order valence-corrected chi connectivity index (χ4v) is 17.5. The summed E-state index contributed by atoms with van der Waals surface area (Å²) < 4.78 is 16.9. The SMILES string of the molecule is C[Si]1(CO)O[Si](C)(CO)O[SiH-](C)(CO)O1. The molecule has 0 saturated carbocycles. The molecule has 3 N–H and O–H groups in total. The van der Waals surface area contributed by atoms with Crippen LogP contribution in [0.4, 0.5) is 0 Å². The van der Waals surface area contributed by atoms with Crippen LogP contribution in [0.5, 0.6) is 0 Å². The summed E-state index contributed by atoms with van der Waals surface area (Å²) in [5.41, 5.74) is 0. The Labute approximate surface area is 92.2 Å². The van der Waals surface area contributed by atoms with Gasteiger partial charge in [-0.05, 0) is 0 Å². The zero-order valence-electron chi connectivity index (χ0n) is 9.27. The zero-order valence-corrected chi connectivity index (χ0v) is 12.4. The number of rotatable bonds is 3. The fraction of sp³-hybridized carbons (Fsp3) is 1.00. The normalized spacial score (nSPS) is 42.5. The van der Waals surface area contributed by atoms with Crippen molar-refractivity contribution in [3.63, 3.8) is 0 Å². The Morgan fingerprint density at radius 1 is 1.00 bits per heavy atom. The molecule has 92 valence electrons. The summed E-state index contributed by atoms with van der Waals surface area (Å²) in [6.45, 7) is 5.20. The van der Waals surface area contributed by atoms with Gasteiger partial charge >= 0.3 is 91.7 Å². The van der Waals surface area contributed by atoms with Crippen LogP contribution in [0.3, 0.4) is 0 Å². The molecule has 6 nitrogen and oxygen atoms in total. The average Bonchev–Trinajstić information content (AvgIpc) is 2.16. The van der Waals surface area contributed by atoms with Crippen LogP contribution in [0.1, 0.15) is 0 Å². The van der Waals surface area contributed by atoms with Gasteiger partial charge in [-0.25, -0.2) is 0 Å². The number of hydrogen-bond donors (Lipinski definition) is 3. The van der Waals surface area contributed by atoms with Crippen LogP contribution < -0.4 is 0 Å². The summed E-state index contributed by atoms with van der Waals surface area (Å²) in [6.07, 6.45) is -0.537. The van der Waals surface area contributed by atoms with Gasteiger partial charge in [0.2, 0.25) is 0 Å². The Balaban J connectivity index is 2.92. The molecular weight excluding hydrogens is 252 g/mol. The topological polar surface area (TPSA) is 88.4 Å². The summed E-state index contributed by atoms with van der Waals surface area (Å²) in [6, 6.07) is 0. The molecule has 0 aromatic heterocycles. The molecule has 0 spiro atoms. The van der Waals surface area contributed by atoms with Gasteiger partial charge in [0, 0.05) is 0 Å². The van der Waals surface area contributed by atoms with Gasteiger partial charge in [-0.3, -0.25) is 0 Å². The van der Waals surface area contributed by atoms with Crippen LogP contribution in [-0.2, 0) is 12.3 Å². The van der Waals surface area contributed by atoms with E-state index < -0.39 is 25.7 Å². The van der Waals surface area contributed by atoms with E-state index >= 15 is 0 Å². The first-order valence-electron chi connectivity index (χ1n) is 4.93. The van der Waals surface area contributed by atoms with E-state index in [9.17, 15) is 15.3 Å². The third-order valence-corrected chi connectivity index (χ3v) is 15.6. The molecule has 1 aliphatic heterocycles. The van der Waals surface area contributed by atoms with Gasteiger partial charge in [0.25, 0.3) is 0 Å². The van der Waals surface area contributed by atoms with E-state index in [4.69, 9.17) is 12.3 Å². The van der Waals surface area contributed by atoms with Gasteiger partial charge in [-0.1, -0.05) is 0 Å². The van der Waals surface area contributed by atoms with Gasteiger partial charge in [-0.15, -0.1) is 0 Å². The minimum absolute atomic E-state index is 0.165. The molecule has 0 aliphatic carbocycles. The van der Waals surface area contributed by atoms with Crippen LogP contribution in [0.2, 0.25) is 19.6 Å². The van der Waals surface area contributed by atoms with Gasteiger partial charge in [0.1, 0.15) is 0 Å².